The van der Waals surface area contributed by atoms with E-state index in [2.05, 4.69) is 16.9 Å². The molecule has 2 radical (unpaired) electrons. The van der Waals surface area contributed by atoms with Crippen LogP contribution < -0.4 is 5.32 Å². The van der Waals surface area contributed by atoms with Gasteiger partial charge in [-0.2, -0.15) is 0 Å². The number of rotatable bonds is 2. The van der Waals surface area contributed by atoms with Crippen molar-refractivity contribution in [1.29, 1.82) is 0 Å². The van der Waals surface area contributed by atoms with Crippen LogP contribution in [0.3, 0.4) is 0 Å². The zero-order chi connectivity index (χ0) is 9.84. The molecule has 0 atom stereocenters. The molecule has 0 saturated heterocycles. The van der Waals surface area contributed by atoms with Crippen LogP contribution in [0.1, 0.15) is 12.5 Å². The van der Waals surface area contributed by atoms with Crippen molar-refractivity contribution in [3.63, 3.8) is 0 Å². The fourth-order valence-electron chi connectivity index (χ4n) is 0.846. The van der Waals surface area contributed by atoms with E-state index in [-0.39, 0.29) is 0 Å². The summed E-state index contributed by atoms with van der Waals surface area (Å²) >= 11 is 0. The molecule has 1 N–H and O–H groups in total. The molecule has 0 bridgehead atoms. The van der Waals surface area contributed by atoms with E-state index in [0.717, 1.165) is 11.1 Å². The van der Waals surface area contributed by atoms with Crippen molar-refractivity contribution in [1.82, 2.24) is 4.98 Å². The molecule has 1 rings (SSSR count). The first-order valence-corrected chi connectivity index (χ1v) is 3.78. The Balaban J connectivity index is 2.81. The van der Waals surface area contributed by atoms with Crippen LogP contribution >= 0.6 is 0 Å². The van der Waals surface area contributed by atoms with Crippen molar-refractivity contribution >= 4 is 25.0 Å². The molecule has 1 aromatic heterocycles. The number of nitrogens with one attached hydrogen (secondary N) is 1. The number of pyridine rings is 1. The highest BCUT2D eigenvalue weighted by atomic mass is 16.1. The van der Waals surface area contributed by atoms with Crippen LogP contribution in [0.4, 0.5) is 10.6 Å². The van der Waals surface area contributed by atoms with Crippen molar-refractivity contribution < 1.29 is 4.79 Å². The van der Waals surface area contributed by atoms with Gasteiger partial charge in [0.05, 0.1) is 0 Å². The largest absolute Gasteiger partial charge is 0.321 e. The average Bonchev–Trinajstić information content (AvgIpc) is 2.04. The summed E-state index contributed by atoms with van der Waals surface area (Å²) in [5.74, 6) is -0.173. The fraction of sp³-hybridized carbons (Fsp3) is 0.111. The lowest BCUT2D eigenvalue weighted by molar-refractivity contribution is 0.268. The maximum absolute atomic E-state index is 10.4. The van der Waals surface area contributed by atoms with E-state index >= 15 is 0 Å². The van der Waals surface area contributed by atoms with Crippen LogP contribution in [-0.2, 0) is 0 Å². The van der Waals surface area contributed by atoms with Gasteiger partial charge in [0.25, 0.3) is 0 Å². The van der Waals surface area contributed by atoms with Crippen LogP contribution in [0, 0.1) is 0 Å². The van der Waals surface area contributed by atoms with E-state index in [9.17, 15) is 4.79 Å². The van der Waals surface area contributed by atoms with Gasteiger partial charge in [0.15, 0.2) is 5.81 Å². The minimum atomic E-state index is -0.615. The summed E-state index contributed by atoms with van der Waals surface area (Å²) in [5, 5.41) is 2.37. The normalized spacial score (nSPS) is 9.31. The molecule has 0 aliphatic heterocycles. The quantitative estimate of drug-likeness (QED) is 0.691. The molecule has 1 amide bonds. The number of carbonyl (C=O) groups excluding carboxylic acids is 1. The first-order chi connectivity index (χ1) is 6.09. The van der Waals surface area contributed by atoms with Crippen LogP contribution in [0.2, 0.25) is 0 Å². The number of hydrogen-bond donors (Lipinski definition) is 1. The average molecular weight is 172 g/mol. The molecule has 1 heterocycles. The minimum absolute atomic E-state index is 0.442. The Bertz CT molecular complexity index is 332. The van der Waals surface area contributed by atoms with Gasteiger partial charge >= 0.3 is 0 Å². The van der Waals surface area contributed by atoms with Gasteiger partial charge < -0.3 is 5.32 Å². The number of amides is 1. The first-order valence-electron chi connectivity index (χ1n) is 3.78. The van der Waals surface area contributed by atoms with Crippen molar-refractivity contribution in [3.8, 4) is 0 Å². The summed E-state index contributed by atoms with van der Waals surface area (Å²) in [6.07, 6.45) is 1.63. The molecule has 3 nitrogen and oxygen atoms in total. The molecule has 1 aromatic rings. The van der Waals surface area contributed by atoms with Crippen LogP contribution in [-0.4, -0.2) is 18.6 Å². The van der Waals surface area contributed by atoms with Crippen LogP contribution in [0.5, 0.6) is 0 Å². The SMILES string of the molecule is [B]C(=O)Nc1ccc(C(=C)C)cn1. The third kappa shape index (κ3) is 2.74. The Labute approximate surface area is 78.3 Å². The maximum Gasteiger partial charge on any atom is 0.201 e. The van der Waals surface area contributed by atoms with Crippen LogP contribution in [0.15, 0.2) is 24.9 Å². The number of anilines is 1. The third-order valence-electron chi connectivity index (χ3n) is 1.51. The lowest BCUT2D eigenvalue weighted by Gasteiger charge is -2.02. The predicted molar refractivity (Wildman–Crippen MR) is 53.7 cm³/mol. The van der Waals surface area contributed by atoms with Crippen molar-refractivity contribution in [2.24, 2.45) is 0 Å². The molecule has 0 saturated carbocycles. The molecule has 64 valence electrons. The summed E-state index contributed by atoms with van der Waals surface area (Å²) in [4.78, 5) is 14.4. The number of nitrogens with zero attached hydrogens (tertiary/aromatic N) is 1. The summed E-state index contributed by atoms with van der Waals surface area (Å²) in [6, 6.07) is 3.50. The predicted octanol–water partition coefficient (Wildman–Crippen LogP) is 1.82. The van der Waals surface area contributed by atoms with Crippen molar-refractivity contribution in [2.45, 2.75) is 6.92 Å². The summed E-state index contributed by atoms with van der Waals surface area (Å²) in [5.41, 5.74) is 1.87. The number of aromatic nitrogens is 1. The molecule has 0 aliphatic rings. The van der Waals surface area contributed by atoms with Gasteiger partial charge in [-0.3, -0.25) is 4.79 Å². The van der Waals surface area contributed by atoms with E-state index in [0.29, 0.717) is 5.82 Å². The van der Waals surface area contributed by atoms with E-state index in [1.165, 1.54) is 0 Å². The second kappa shape index (κ2) is 3.89. The van der Waals surface area contributed by atoms with E-state index < -0.39 is 5.81 Å². The highest BCUT2D eigenvalue weighted by molar-refractivity contribution is 6.60. The summed E-state index contributed by atoms with van der Waals surface area (Å²) < 4.78 is 0. The molecule has 0 fully saturated rings. The number of allylic oxidation sites excluding steroid dienone is 1. The molecule has 4 heteroatoms. The van der Waals surface area contributed by atoms with Gasteiger partial charge in [0.2, 0.25) is 7.85 Å². The van der Waals surface area contributed by atoms with Gasteiger partial charge in [0.1, 0.15) is 5.82 Å². The smallest absolute Gasteiger partial charge is 0.201 e. The highest BCUT2D eigenvalue weighted by Gasteiger charge is 1.97. The molecule has 0 aromatic carbocycles. The molecule has 0 aliphatic carbocycles. The van der Waals surface area contributed by atoms with Gasteiger partial charge in [-0.25, -0.2) is 4.98 Å². The lowest BCUT2D eigenvalue weighted by atomic mass is 10.1. The lowest BCUT2D eigenvalue weighted by Crippen LogP contribution is -2.09. The van der Waals surface area contributed by atoms with E-state index in [1.807, 2.05) is 13.0 Å². The second-order valence-electron chi connectivity index (χ2n) is 2.70. The summed E-state index contributed by atoms with van der Waals surface area (Å²) in [7, 11) is 4.91. The van der Waals surface area contributed by atoms with Gasteiger partial charge in [-0.15, -0.1) is 0 Å². The Kier molecular flexibility index (Phi) is 2.85. The first kappa shape index (κ1) is 9.51. The van der Waals surface area contributed by atoms with Crippen molar-refractivity contribution in [3.05, 3.63) is 30.5 Å². The monoisotopic (exact) mass is 172 g/mol. The standard InChI is InChI=1S/C9H9BN2O/c1-6(2)7-3-4-8(11-5-7)12-9(10)13/h3-5H,1H2,2H3,(H,11,12,13). The molecule has 0 unspecified atom stereocenters. The number of hydrogen-bond acceptors (Lipinski definition) is 2. The van der Waals surface area contributed by atoms with Gasteiger partial charge in [-0.05, 0) is 30.2 Å². The molecular formula is C9H9BN2O. The van der Waals surface area contributed by atoms with Crippen molar-refractivity contribution in [2.75, 3.05) is 5.32 Å². The maximum atomic E-state index is 10.4. The molecule has 0 spiro atoms. The Morgan fingerprint density at radius 2 is 2.31 bits per heavy atom. The van der Waals surface area contributed by atoms with E-state index in [1.54, 1.807) is 12.3 Å². The van der Waals surface area contributed by atoms with Gasteiger partial charge in [0, 0.05) is 6.20 Å². The number of carbonyl (C=O) groups is 1. The van der Waals surface area contributed by atoms with Gasteiger partial charge in [-0.1, -0.05) is 6.58 Å². The fourth-order valence-corrected chi connectivity index (χ4v) is 0.846. The highest BCUT2D eigenvalue weighted by Crippen LogP contribution is 2.11. The topological polar surface area (TPSA) is 42.0 Å². The summed E-state index contributed by atoms with van der Waals surface area (Å²) in [6.45, 7) is 5.65. The third-order valence-corrected chi connectivity index (χ3v) is 1.51. The Morgan fingerprint density at radius 3 is 2.69 bits per heavy atom. The van der Waals surface area contributed by atoms with Crippen LogP contribution in [0.25, 0.3) is 5.57 Å². The molecule has 13 heavy (non-hydrogen) atoms. The zero-order valence-corrected chi connectivity index (χ0v) is 7.37. The Morgan fingerprint density at radius 1 is 1.62 bits per heavy atom. The zero-order valence-electron chi connectivity index (χ0n) is 7.37. The molecular weight excluding hydrogens is 163 g/mol. The second-order valence-corrected chi connectivity index (χ2v) is 2.70. The minimum Gasteiger partial charge on any atom is -0.321 e. The Hall–Kier alpha value is -1.58. The van der Waals surface area contributed by atoms with E-state index in [4.69, 9.17) is 7.85 Å².